The van der Waals surface area contributed by atoms with Gasteiger partial charge in [0.05, 0.1) is 11.6 Å². The Balaban J connectivity index is 1.90. The van der Waals surface area contributed by atoms with E-state index in [4.69, 9.17) is 9.47 Å². The van der Waals surface area contributed by atoms with Gasteiger partial charge in [-0.15, -0.1) is 0 Å². The second-order valence-electron chi connectivity index (χ2n) is 5.99. The lowest BCUT2D eigenvalue weighted by Gasteiger charge is -2.33. The number of likely N-dealkylation sites (N-methyl/N-ethyl adjacent to an activating group) is 1. The van der Waals surface area contributed by atoms with Crippen LogP contribution in [0.4, 0.5) is 0 Å². The number of nitrogens with one attached hydrogen (secondary N) is 1. The van der Waals surface area contributed by atoms with Crippen molar-refractivity contribution in [3.8, 4) is 5.75 Å². The first-order valence-electron chi connectivity index (χ1n) is 7.23. The van der Waals surface area contributed by atoms with Crippen LogP contribution in [0.1, 0.15) is 43.9 Å². The van der Waals surface area contributed by atoms with Crippen LogP contribution in [-0.4, -0.2) is 25.4 Å². The number of hydrogen-bond donors (Lipinski definition) is 1. The lowest BCUT2D eigenvalue weighted by atomic mass is 9.87. The van der Waals surface area contributed by atoms with E-state index in [2.05, 4.69) is 37.4 Å². The number of benzene rings is 1. The van der Waals surface area contributed by atoms with E-state index in [1.165, 1.54) is 11.1 Å². The molecule has 2 aliphatic rings. The van der Waals surface area contributed by atoms with E-state index in [1.807, 2.05) is 7.05 Å². The van der Waals surface area contributed by atoms with Crippen molar-refractivity contribution in [2.45, 2.75) is 50.9 Å². The second-order valence-corrected chi connectivity index (χ2v) is 5.99. The molecule has 1 N–H and O–H groups in total. The van der Waals surface area contributed by atoms with E-state index in [-0.39, 0.29) is 11.6 Å². The summed E-state index contributed by atoms with van der Waals surface area (Å²) in [5, 5.41) is 3.44. The first-order valence-corrected chi connectivity index (χ1v) is 7.23. The van der Waals surface area contributed by atoms with Gasteiger partial charge in [-0.05, 0) is 50.9 Å². The van der Waals surface area contributed by atoms with Gasteiger partial charge in [0.15, 0.2) is 0 Å². The SMILES string of the molecule is CNC(c1ccc2c(c1)CC(C)O2)C1(C)CCCO1. The Morgan fingerprint density at radius 3 is 2.95 bits per heavy atom. The molecular formula is C16H23NO2. The normalized spacial score (nSPS) is 31.0. The highest BCUT2D eigenvalue weighted by Gasteiger charge is 2.38. The van der Waals surface area contributed by atoms with Crippen molar-refractivity contribution in [2.24, 2.45) is 0 Å². The Morgan fingerprint density at radius 2 is 2.26 bits per heavy atom. The van der Waals surface area contributed by atoms with Crippen LogP contribution in [-0.2, 0) is 11.2 Å². The summed E-state index contributed by atoms with van der Waals surface area (Å²) >= 11 is 0. The average Bonchev–Trinajstić information content (AvgIpc) is 2.95. The quantitative estimate of drug-likeness (QED) is 0.907. The van der Waals surface area contributed by atoms with Crippen molar-refractivity contribution < 1.29 is 9.47 Å². The summed E-state index contributed by atoms with van der Waals surface area (Å²) in [4.78, 5) is 0. The molecule has 3 unspecified atom stereocenters. The van der Waals surface area contributed by atoms with Gasteiger partial charge in [-0.1, -0.05) is 12.1 Å². The molecule has 0 aromatic heterocycles. The van der Waals surface area contributed by atoms with Gasteiger partial charge in [0.1, 0.15) is 11.9 Å². The Hall–Kier alpha value is -1.06. The Morgan fingerprint density at radius 1 is 1.42 bits per heavy atom. The van der Waals surface area contributed by atoms with Crippen LogP contribution in [0.3, 0.4) is 0 Å². The van der Waals surface area contributed by atoms with Crippen LogP contribution in [0.5, 0.6) is 5.75 Å². The monoisotopic (exact) mass is 261 g/mol. The summed E-state index contributed by atoms with van der Waals surface area (Å²) in [6, 6.07) is 6.81. The third-order valence-electron chi connectivity index (χ3n) is 4.40. The highest BCUT2D eigenvalue weighted by atomic mass is 16.5. The predicted octanol–water partition coefficient (Wildman–Crippen LogP) is 2.84. The fraction of sp³-hybridized carbons (Fsp3) is 0.625. The molecule has 19 heavy (non-hydrogen) atoms. The van der Waals surface area contributed by atoms with Gasteiger partial charge in [-0.2, -0.15) is 0 Å². The molecule has 0 radical (unpaired) electrons. The molecule has 0 spiro atoms. The first-order chi connectivity index (χ1) is 9.12. The van der Waals surface area contributed by atoms with Crippen molar-refractivity contribution in [1.82, 2.24) is 5.32 Å². The zero-order valence-electron chi connectivity index (χ0n) is 12.0. The van der Waals surface area contributed by atoms with Gasteiger partial charge in [-0.3, -0.25) is 0 Å². The molecule has 104 valence electrons. The molecule has 0 bridgehead atoms. The molecule has 3 nitrogen and oxygen atoms in total. The number of fused-ring (bicyclic) bond motifs is 1. The van der Waals surface area contributed by atoms with Crippen LogP contribution in [0.15, 0.2) is 18.2 Å². The molecule has 1 aromatic rings. The number of hydrogen-bond acceptors (Lipinski definition) is 3. The van der Waals surface area contributed by atoms with Gasteiger partial charge in [-0.25, -0.2) is 0 Å². The summed E-state index contributed by atoms with van der Waals surface area (Å²) in [6.07, 6.45) is 3.58. The molecule has 2 heterocycles. The molecular weight excluding hydrogens is 238 g/mol. The Bertz CT molecular complexity index is 466. The predicted molar refractivity (Wildman–Crippen MR) is 75.6 cm³/mol. The van der Waals surface area contributed by atoms with E-state index < -0.39 is 0 Å². The van der Waals surface area contributed by atoms with Crippen molar-refractivity contribution in [1.29, 1.82) is 0 Å². The minimum atomic E-state index is -0.0892. The second kappa shape index (κ2) is 4.80. The number of ether oxygens (including phenoxy) is 2. The van der Waals surface area contributed by atoms with Crippen molar-refractivity contribution in [3.63, 3.8) is 0 Å². The van der Waals surface area contributed by atoms with Gasteiger partial charge in [0, 0.05) is 13.0 Å². The van der Waals surface area contributed by atoms with Gasteiger partial charge in [0.2, 0.25) is 0 Å². The first kappa shape index (κ1) is 12.9. The molecule has 1 saturated heterocycles. The van der Waals surface area contributed by atoms with Crippen molar-refractivity contribution in [3.05, 3.63) is 29.3 Å². The minimum Gasteiger partial charge on any atom is -0.490 e. The fourth-order valence-corrected chi connectivity index (χ4v) is 3.47. The zero-order valence-corrected chi connectivity index (χ0v) is 12.0. The molecule has 2 aliphatic heterocycles. The van der Waals surface area contributed by atoms with E-state index in [9.17, 15) is 0 Å². The smallest absolute Gasteiger partial charge is 0.123 e. The molecule has 3 heteroatoms. The van der Waals surface area contributed by atoms with Gasteiger partial charge in [0.25, 0.3) is 0 Å². The lowest BCUT2D eigenvalue weighted by molar-refractivity contribution is -0.0104. The fourth-order valence-electron chi connectivity index (χ4n) is 3.47. The largest absolute Gasteiger partial charge is 0.490 e. The van der Waals surface area contributed by atoms with Crippen molar-refractivity contribution in [2.75, 3.05) is 13.7 Å². The minimum absolute atomic E-state index is 0.0892. The van der Waals surface area contributed by atoms with Crippen LogP contribution in [0.2, 0.25) is 0 Å². The van der Waals surface area contributed by atoms with E-state index in [0.717, 1.165) is 31.6 Å². The molecule has 1 aromatic carbocycles. The molecule has 3 atom stereocenters. The van der Waals surface area contributed by atoms with Crippen LogP contribution in [0.25, 0.3) is 0 Å². The summed E-state index contributed by atoms with van der Waals surface area (Å²) in [5.41, 5.74) is 2.55. The maximum absolute atomic E-state index is 5.99. The lowest BCUT2D eigenvalue weighted by Crippen LogP contribution is -2.39. The standard InChI is InChI=1S/C16H23NO2/c1-11-9-13-10-12(5-6-14(13)19-11)15(17-3)16(2)7-4-8-18-16/h5-6,10-11,15,17H,4,7-9H2,1-3H3. The van der Waals surface area contributed by atoms with Gasteiger partial charge >= 0.3 is 0 Å². The van der Waals surface area contributed by atoms with E-state index >= 15 is 0 Å². The molecule has 0 saturated carbocycles. The summed E-state index contributed by atoms with van der Waals surface area (Å²) < 4.78 is 11.8. The molecule has 0 aliphatic carbocycles. The highest BCUT2D eigenvalue weighted by molar-refractivity contribution is 5.42. The van der Waals surface area contributed by atoms with E-state index in [0.29, 0.717) is 6.10 Å². The third-order valence-corrected chi connectivity index (χ3v) is 4.40. The van der Waals surface area contributed by atoms with Gasteiger partial charge < -0.3 is 14.8 Å². The molecule has 0 amide bonds. The van der Waals surface area contributed by atoms with Crippen LogP contribution >= 0.6 is 0 Å². The molecule has 3 rings (SSSR count). The van der Waals surface area contributed by atoms with E-state index in [1.54, 1.807) is 0 Å². The summed E-state index contributed by atoms with van der Waals surface area (Å²) in [6.45, 7) is 5.21. The summed E-state index contributed by atoms with van der Waals surface area (Å²) in [5.74, 6) is 1.04. The topological polar surface area (TPSA) is 30.5 Å². The third kappa shape index (κ3) is 2.26. The number of rotatable bonds is 3. The Labute approximate surface area is 115 Å². The summed E-state index contributed by atoms with van der Waals surface area (Å²) in [7, 11) is 2.02. The Kier molecular flexibility index (Phi) is 3.27. The zero-order chi connectivity index (χ0) is 13.5. The molecule has 1 fully saturated rings. The van der Waals surface area contributed by atoms with Crippen molar-refractivity contribution >= 4 is 0 Å². The van der Waals surface area contributed by atoms with Crippen LogP contribution in [0, 0.1) is 0 Å². The van der Waals surface area contributed by atoms with Crippen LogP contribution < -0.4 is 10.1 Å². The highest BCUT2D eigenvalue weighted by Crippen LogP contribution is 2.39. The average molecular weight is 261 g/mol. The maximum atomic E-state index is 5.99. The maximum Gasteiger partial charge on any atom is 0.123 e.